The van der Waals surface area contributed by atoms with Crippen LogP contribution in [0.25, 0.3) is 4.85 Å². The van der Waals surface area contributed by atoms with Gasteiger partial charge in [0.2, 0.25) is 6.54 Å². The zero-order valence-electron chi connectivity index (χ0n) is 7.71. The molecule has 4 heteroatoms. The lowest BCUT2D eigenvalue weighted by molar-refractivity contribution is -0.139. The fourth-order valence-electron chi connectivity index (χ4n) is 0.598. The highest BCUT2D eigenvalue weighted by Crippen LogP contribution is 1.95. The third-order valence-corrected chi connectivity index (χ3v) is 1.19. The van der Waals surface area contributed by atoms with Crippen molar-refractivity contribution in [3.8, 4) is 0 Å². The van der Waals surface area contributed by atoms with Crippen molar-refractivity contribution in [2.24, 2.45) is 0 Å². The Labute approximate surface area is 78.0 Å². The van der Waals surface area contributed by atoms with Crippen LogP contribution in [-0.2, 0) is 14.3 Å². The maximum Gasteiger partial charge on any atom is 0.335 e. The molecule has 0 N–H and O–H groups in total. The summed E-state index contributed by atoms with van der Waals surface area (Å²) >= 11 is 0. The largest absolute Gasteiger partial charge is 0.463 e. The van der Waals surface area contributed by atoms with Gasteiger partial charge < -0.3 is 14.3 Å². The van der Waals surface area contributed by atoms with Gasteiger partial charge in [-0.05, 0) is 6.92 Å². The molecule has 0 aliphatic rings. The van der Waals surface area contributed by atoms with Gasteiger partial charge in [-0.25, -0.2) is 11.4 Å². The third kappa shape index (κ3) is 5.88. The molecular weight excluding hydrogens is 170 g/mol. The molecule has 0 aliphatic carbocycles. The molecule has 0 atom stereocenters. The number of rotatable bonds is 6. The molecule has 72 valence electrons. The lowest BCUT2D eigenvalue weighted by Gasteiger charge is -2.04. The van der Waals surface area contributed by atoms with Crippen molar-refractivity contribution in [3.63, 3.8) is 0 Å². The molecule has 0 aromatic rings. The highest BCUT2D eigenvalue weighted by Gasteiger charge is 2.07. The Bertz CT molecular complexity index is 217. The summed E-state index contributed by atoms with van der Waals surface area (Å²) in [7, 11) is 0. The van der Waals surface area contributed by atoms with Crippen molar-refractivity contribution in [1.29, 1.82) is 0 Å². The maximum absolute atomic E-state index is 10.9. The van der Waals surface area contributed by atoms with Crippen molar-refractivity contribution in [3.05, 3.63) is 23.6 Å². The van der Waals surface area contributed by atoms with E-state index in [1.54, 1.807) is 6.92 Å². The molecule has 0 spiro atoms. The molecule has 0 bridgehead atoms. The summed E-state index contributed by atoms with van der Waals surface area (Å²) < 4.78 is 9.67. The molecule has 0 amide bonds. The van der Waals surface area contributed by atoms with Crippen LogP contribution in [0.15, 0.2) is 12.2 Å². The van der Waals surface area contributed by atoms with E-state index in [1.165, 1.54) is 0 Å². The lowest BCUT2D eigenvalue weighted by atomic mass is 10.3. The topological polar surface area (TPSA) is 39.9 Å². The number of carbonyl (C=O) groups excluding carboxylic acids is 1. The summed E-state index contributed by atoms with van der Waals surface area (Å²) in [6, 6.07) is 0. The Hall–Kier alpha value is -1.34. The second kappa shape index (κ2) is 7.32. The number of nitrogens with zero attached hydrogens (tertiary/aromatic N) is 1. The highest BCUT2D eigenvalue weighted by atomic mass is 16.5. The second-order valence-electron chi connectivity index (χ2n) is 2.26. The summed E-state index contributed by atoms with van der Waals surface area (Å²) in [6.45, 7) is 12.8. The number of ether oxygens (including phenoxy) is 2. The second-order valence-corrected chi connectivity index (χ2v) is 2.26. The lowest BCUT2D eigenvalue weighted by Crippen LogP contribution is -2.12. The Morgan fingerprint density at radius 2 is 2.31 bits per heavy atom. The van der Waals surface area contributed by atoms with Crippen molar-refractivity contribution < 1.29 is 14.3 Å². The molecular formula is C9H13NO3. The summed E-state index contributed by atoms with van der Waals surface area (Å²) in [4.78, 5) is 14.0. The molecule has 0 saturated heterocycles. The van der Waals surface area contributed by atoms with Crippen molar-refractivity contribution in [2.45, 2.75) is 6.92 Å². The van der Waals surface area contributed by atoms with Crippen LogP contribution in [0.2, 0.25) is 0 Å². The average Bonchev–Trinajstić information content (AvgIpc) is 2.12. The van der Waals surface area contributed by atoms with E-state index in [1.807, 2.05) is 0 Å². The van der Waals surface area contributed by atoms with E-state index in [0.29, 0.717) is 19.8 Å². The quantitative estimate of drug-likeness (QED) is 0.267. The van der Waals surface area contributed by atoms with Crippen LogP contribution in [-0.4, -0.2) is 32.3 Å². The average molecular weight is 183 g/mol. The van der Waals surface area contributed by atoms with E-state index in [9.17, 15) is 4.79 Å². The Morgan fingerprint density at radius 1 is 1.62 bits per heavy atom. The van der Waals surface area contributed by atoms with Gasteiger partial charge in [0.05, 0.1) is 18.8 Å². The molecule has 13 heavy (non-hydrogen) atoms. The molecule has 4 nitrogen and oxygen atoms in total. The number of hydrogen-bond donors (Lipinski definition) is 0. The van der Waals surface area contributed by atoms with Gasteiger partial charge in [0.15, 0.2) is 0 Å². The normalized spacial score (nSPS) is 8.92. The summed E-state index contributed by atoms with van der Waals surface area (Å²) in [5, 5.41) is 0. The minimum atomic E-state index is -0.440. The number of carbonyl (C=O) groups is 1. The Morgan fingerprint density at radius 3 is 2.85 bits per heavy atom. The summed E-state index contributed by atoms with van der Waals surface area (Å²) in [5.41, 5.74) is 0.284. The third-order valence-electron chi connectivity index (χ3n) is 1.19. The van der Waals surface area contributed by atoms with Gasteiger partial charge in [-0.1, -0.05) is 6.58 Å². The fourth-order valence-corrected chi connectivity index (χ4v) is 0.598. The van der Waals surface area contributed by atoms with Crippen LogP contribution in [0, 0.1) is 6.57 Å². The minimum Gasteiger partial charge on any atom is -0.463 e. The first-order chi connectivity index (χ1) is 6.22. The first-order valence-electron chi connectivity index (χ1n) is 3.98. The smallest absolute Gasteiger partial charge is 0.335 e. The zero-order valence-corrected chi connectivity index (χ0v) is 7.71. The van der Waals surface area contributed by atoms with Crippen LogP contribution in [0.3, 0.4) is 0 Å². The van der Waals surface area contributed by atoms with Crippen molar-refractivity contribution in [2.75, 3.05) is 26.4 Å². The SMILES string of the molecule is [C-]#[N+]CCOCC(=C)C(=O)OCC. The van der Waals surface area contributed by atoms with Gasteiger partial charge in [0, 0.05) is 0 Å². The predicted molar refractivity (Wildman–Crippen MR) is 48.1 cm³/mol. The minimum absolute atomic E-state index is 0.133. The molecule has 0 radical (unpaired) electrons. The Kier molecular flexibility index (Phi) is 6.56. The molecule has 0 rings (SSSR count). The van der Waals surface area contributed by atoms with E-state index in [4.69, 9.17) is 11.3 Å². The molecule has 0 aromatic carbocycles. The van der Waals surface area contributed by atoms with Crippen molar-refractivity contribution >= 4 is 5.97 Å². The van der Waals surface area contributed by atoms with Gasteiger partial charge in [-0.15, -0.1) is 0 Å². The van der Waals surface area contributed by atoms with E-state index < -0.39 is 5.97 Å². The van der Waals surface area contributed by atoms with Gasteiger partial charge in [0.25, 0.3) is 0 Å². The van der Waals surface area contributed by atoms with E-state index in [2.05, 4.69) is 16.2 Å². The van der Waals surface area contributed by atoms with E-state index in [0.717, 1.165) is 0 Å². The molecule has 0 aromatic heterocycles. The van der Waals surface area contributed by atoms with E-state index >= 15 is 0 Å². The molecule has 0 unspecified atom stereocenters. The van der Waals surface area contributed by atoms with Crippen LogP contribution in [0.4, 0.5) is 0 Å². The van der Waals surface area contributed by atoms with Crippen LogP contribution < -0.4 is 0 Å². The van der Waals surface area contributed by atoms with Gasteiger partial charge in [-0.3, -0.25) is 0 Å². The first kappa shape index (κ1) is 11.7. The molecule has 0 fully saturated rings. The van der Waals surface area contributed by atoms with E-state index in [-0.39, 0.29) is 12.2 Å². The standard InChI is InChI=1S/C9H13NO3/c1-4-13-9(11)8(2)7-12-6-5-10-3/h2,4-7H2,1H3. The van der Waals surface area contributed by atoms with Crippen LogP contribution >= 0.6 is 0 Å². The maximum atomic E-state index is 10.9. The zero-order chi connectivity index (χ0) is 10.1. The highest BCUT2D eigenvalue weighted by molar-refractivity contribution is 5.87. The predicted octanol–water partition coefficient (Wildman–Crippen LogP) is 1.04. The van der Waals surface area contributed by atoms with Crippen LogP contribution in [0.5, 0.6) is 0 Å². The van der Waals surface area contributed by atoms with Crippen molar-refractivity contribution in [1.82, 2.24) is 0 Å². The Balaban J connectivity index is 3.51. The summed E-state index contributed by atoms with van der Waals surface area (Å²) in [6.07, 6.45) is 0. The molecule has 0 heterocycles. The molecule has 0 saturated carbocycles. The molecule has 0 aliphatic heterocycles. The fraction of sp³-hybridized carbons (Fsp3) is 0.556. The monoisotopic (exact) mass is 183 g/mol. The van der Waals surface area contributed by atoms with Gasteiger partial charge >= 0.3 is 5.97 Å². The number of esters is 1. The first-order valence-corrected chi connectivity index (χ1v) is 3.98. The number of hydrogen-bond acceptors (Lipinski definition) is 3. The van der Waals surface area contributed by atoms with Gasteiger partial charge in [0.1, 0.15) is 6.61 Å². The summed E-state index contributed by atoms with van der Waals surface area (Å²) in [5.74, 6) is -0.440. The van der Waals surface area contributed by atoms with Gasteiger partial charge in [-0.2, -0.15) is 0 Å². The van der Waals surface area contributed by atoms with Crippen LogP contribution in [0.1, 0.15) is 6.92 Å².